The molecule has 0 saturated carbocycles. The minimum atomic E-state index is -1.13. The molecule has 2 N–H and O–H groups in total. The molecular formula is C20H21FN6O2. The van der Waals surface area contributed by atoms with E-state index in [-0.39, 0.29) is 17.8 Å². The molecule has 2 fully saturated rings. The molecule has 2 saturated heterocycles. The molecule has 9 heteroatoms. The average molecular weight is 396 g/mol. The number of piperidine rings is 1. The van der Waals surface area contributed by atoms with Gasteiger partial charge < -0.3 is 19.7 Å². The summed E-state index contributed by atoms with van der Waals surface area (Å²) in [6.07, 6.45) is 7.16. The van der Waals surface area contributed by atoms with Gasteiger partial charge in [-0.2, -0.15) is 0 Å². The number of ether oxygens (including phenoxy) is 1. The van der Waals surface area contributed by atoms with Crippen molar-refractivity contribution < 1.29 is 14.2 Å². The van der Waals surface area contributed by atoms with Crippen LogP contribution < -0.4 is 10.1 Å². The van der Waals surface area contributed by atoms with Gasteiger partial charge >= 0.3 is 6.01 Å². The van der Waals surface area contributed by atoms with Gasteiger partial charge in [0.05, 0.1) is 23.8 Å². The third-order valence-corrected chi connectivity index (χ3v) is 5.86. The number of hydrogen-bond donors (Lipinski definition) is 2. The maximum absolute atomic E-state index is 14.9. The Morgan fingerprint density at radius 1 is 1.34 bits per heavy atom. The Morgan fingerprint density at radius 3 is 2.97 bits per heavy atom. The Hall–Kier alpha value is -3.07. The van der Waals surface area contributed by atoms with Gasteiger partial charge in [0.1, 0.15) is 17.5 Å². The zero-order valence-electron chi connectivity index (χ0n) is 15.9. The van der Waals surface area contributed by atoms with Crippen molar-refractivity contribution in [3.8, 4) is 28.7 Å². The van der Waals surface area contributed by atoms with Crippen molar-refractivity contribution in [2.45, 2.75) is 50.0 Å². The number of benzene rings is 1. The van der Waals surface area contributed by atoms with Crippen molar-refractivity contribution in [3.63, 3.8) is 0 Å². The lowest BCUT2D eigenvalue weighted by molar-refractivity contribution is 0.00542. The molecule has 2 aromatic heterocycles. The zero-order valence-corrected chi connectivity index (χ0v) is 15.9. The van der Waals surface area contributed by atoms with Crippen LogP contribution >= 0.6 is 0 Å². The summed E-state index contributed by atoms with van der Waals surface area (Å²) in [5.74, 6) is 0.0487. The second kappa shape index (κ2) is 6.77. The average Bonchev–Trinajstić information content (AvgIpc) is 3.36. The van der Waals surface area contributed by atoms with E-state index < -0.39 is 17.8 Å². The third-order valence-electron chi connectivity index (χ3n) is 5.86. The van der Waals surface area contributed by atoms with Crippen molar-refractivity contribution in [2.24, 2.45) is 0 Å². The molecule has 5 rings (SSSR count). The number of alkyl halides is 1. The number of aromatic hydroxyl groups is 1. The van der Waals surface area contributed by atoms with Gasteiger partial charge in [-0.25, -0.2) is 14.4 Å². The lowest BCUT2D eigenvalue weighted by atomic mass is 9.88. The lowest BCUT2D eigenvalue weighted by Gasteiger charge is -2.39. The van der Waals surface area contributed by atoms with Crippen LogP contribution in [0.15, 0.2) is 43.1 Å². The van der Waals surface area contributed by atoms with Gasteiger partial charge in [-0.3, -0.25) is 0 Å². The highest BCUT2D eigenvalue weighted by Crippen LogP contribution is 2.38. The third kappa shape index (κ3) is 3.21. The minimum absolute atomic E-state index is 0.0424. The highest BCUT2D eigenvalue weighted by Gasteiger charge is 2.51. The van der Waals surface area contributed by atoms with Crippen molar-refractivity contribution in [2.75, 3.05) is 0 Å². The number of phenolic OH excluding ortho intramolecular Hbond substituents is 1. The molecule has 1 aromatic carbocycles. The van der Waals surface area contributed by atoms with Gasteiger partial charge in [-0.1, -0.05) is 5.10 Å². The van der Waals surface area contributed by atoms with E-state index in [0.717, 1.165) is 18.5 Å². The highest BCUT2D eigenvalue weighted by atomic mass is 19.1. The molecule has 4 heterocycles. The molecule has 2 bridgehead atoms. The van der Waals surface area contributed by atoms with E-state index in [1.807, 2.05) is 13.0 Å². The van der Waals surface area contributed by atoms with Crippen LogP contribution in [-0.2, 0) is 0 Å². The Morgan fingerprint density at radius 2 is 2.24 bits per heavy atom. The lowest BCUT2D eigenvalue weighted by Crippen LogP contribution is -2.59. The number of aromatic nitrogens is 5. The molecule has 2 aliphatic rings. The van der Waals surface area contributed by atoms with Gasteiger partial charge in [0, 0.05) is 36.5 Å². The van der Waals surface area contributed by atoms with Gasteiger partial charge in [0.2, 0.25) is 0 Å². The highest BCUT2D eigenvalue weighted by molar-refractivity contribution is 5.67. The van der Waals surface area contributed by atoms with Gasteiger partial charge in [0.15, 0.2) is 6.17 Å². The number of nitrogens with zero attached hydrogens (tertiary/aromatic N) is 5. The fourth-order valence-electron chi connectivity index (χ4n) is 4.28. The summed E-state index contributed by atoms with van der Waals surface area (Å²) in [4.78, 5) is 8.17. The molecule has 0 radical (unpaired) electrons. The number of hydrogen-bond acceptors (Lipinski definition) is 7. The first-order valence-corrected chi connectivity index (χ1v) is 9.62. The fraction of sp³-hybridized carbons (Fsp3) is 0.400. The second-order valence-corrected chi connectivity index (χ2v) is 7.89. The van der Waals surface area contributed by atoms with Crippen LogP contribution in [0.1, 0.15) is 26.2 Å². The number of phenols is 1. The number of nitrogens with one attached hydrogen (secondary N) is 1. The molecule has 1 unspecified atom stereocenters. The van der Waals surface area contributed by atoms with E-state index in [9.17, 15) is 9.50 Å². The van der Waals surface area contributed by atoms with Crippen LogP contribution in [-0.4, -0.2) is 53.7 Å². The molecular weight excluding hydrogens is 375 g/mol. The molecule has 29 heavy (non-hydrogen) atoms. The normalized spacial score (nSPS) is 28.4. The molecule has 0 spiro atoms. The molecule has 150 valence electrons. The molecule has 0 amide bonds. The maximum atomic E-state index is 14.9. The van der Waals surface area contributed by atoms with Gasteiger partial charge in [-0.15, -0.1) is 5.10 Å². The van der Waals surface area contributed by atoms with E-state index >= 15 is 0 Å². The fourth-order valence-corrected chi connectivity index (χ4v) is 4.28. The second-order valence-electron chi connectivity index (χ2n) is 7.89. The summed E-state index contributed by atoms with van der Waals surface area (Å²) < 4.78 is 22.4. The van der Waals surface area contributed by atoms with Crippen LogP contribution in [0.5, 0.6) is 11.8 Å². The molecule has 4 atom stereocenters. The van der Waals surface area contributed by atoms with Crippen molar-refractivity contribution in [1.82, 2.24) is 30.0 Å². The summed E-state index contributed by atoms with van der Waals surface area (Å²) in [6, 6.07) is 5.49. The van der Waals surface area contributed by atoms with E-state index in [1.54, 1.807) is 35.4 Å². The molecule has 2 aliphatic heterocycles. The molecule has 0 aliphatic carbocycles. The summed E-state index contributed by atoms with van der Waals surface area (Å²) >= 11 is 0. The van der Waals surface area contributed by atoms with E-state index in [2.05, 4.69) is 25.5 Å². The van der Waals surface area contributed by atoms with Gasteiger partial charge in [-0.05, 0) is 31.9 Å². The minimum Gasteiger partial charge on any atom is -0.507 e. The number of halogens is 1. The summed E-state index contributed by atoms with van der Waals surface area (Å²) in [7, 11) is 0. The smallest absolute Gasteiger partial charge is 0.336 e. The van der Waals surface area contributed by atoms with Crippen LogP contribution in [0.3, 0.4) is 0 Å². The SMILES string of the molecule is C[C@@]12CCC(C[C@H](Oc3ncc(-c4ccc(-n5ccnc5)cc4O)nn3)[C@@H]1F)N2. The predicted molar refractivity (Wildman–Crippen MR) is 103 cm³/mol. The van der Waals surface area contributed by atoms with Crippen molar-refractivity contribution in [1.29, 1.82) is 0 Å². The predicted octanol–water partition coefficient (Wildman–Crippen LogP) is 2.43. The first kappa shape index (κ1) is 18.0. The van der Waals surface area contributed by atoms with Crippen LogP contribution in [0, 0.1) is 0 Å². The summed E-state index contributed by atoms with van der Waals surface area (Å²) in [5.41, 5.74) is 1.12. The standard InChI is InChI=1S/C20H21FN6O2/c1-20-5-4-12(24-20)8-17(18(20)21)29-19-23-10-15(25-26-19)14-3-2-13(9-16(14)28)27-7-6-22-11-27/h2-3,6-7,9-12,17-18,24,28H,4-5,8H2,1H3/t12?,17-,18-,20+/m0/s1. The quantitative estimate of drug-likeness (QED) is 0.699. The number of imidazole rings is 1. The first-order chi connectivity index (χ1) is 14.0. The Labute approximate surface area is 166 Å². The summed E-state index contributed by atoms with van der Waals surface area (Å²) in [5, 5.41) is 21.8. The Kier molecular flexibility index (Phi) is 4.20. The number of fused-ring (bicyclic) bond motifs is 2. The van der Waals surface area contributed by atoms with Crippen molar-refractivity contribution >= 4 is 0 Å². The van der Waals surface area contributed by atoms with Crippen LogP contribution in [0.2, 0.25) is 0 Å². The van der Waals surface area contributed by atoms with Crippen molar-refractivity contribution in [3.05, 3.63) is 43.1 Å². The van der Waals surface area contributed by atoms with Crippen LogP contribution in [0.25, 0.3) is 16.9 Å². The van der Waals surface area contributed by atoms with E-state index in [0.29, 0.717) is 17.7 Å². The number of rotatable bonds is 4. The molecule has 8 nitrogen and oxygen atoms in total. The zero-order chi connectivity index (χ0) is 20.0. The van der Waals surface area contributed by atoms with E-state index in [4.69, 9.17) is 4.74 Å². The Bertz CT molecular complexity index is 1010. The first-order valence-electron chi connectivity index (χ1n) is 9.62. The summed E-state index contributed by atoms with van der Waals surface area (Å²) in [6.45, 7) is 1.89. The van der Waals surface area contributed by atoms with Crippen LogP contribution in [0.4, 0.5) is 4.39 Å². The Balaban J connectivity index is 1.33. The molecule has 3 aromatic rings. The monoisotopic (exact) mass is 396 g/mol. The van der Waals surface area contributed by atoms with E-state index in [1.165, 1.54) is 6.20 Å². The maximum Gasteiger partial charge on any atom is 0.336 e. The van der Waals surface area contributed by atoms with Gasteiger partial charge in [0.25, 0.3) is 0 Å². The topological polar surface area (TPSA) is 98.0 Å². The largest absolute Gasteiger partial charge is 0.507 e.